The molecule has 11 aromatic rings. The number of fused-ring (bicyclic) bond motifs is 8. The van der Waals surface area contributed by atoms with Gasteiger partial charge < -0.3 is 13.7 Å². The quantitative estimate of drug-likeness (QED) is 0.181. The Morgan fingerprint density at radius 2 is 1.12 bits per heavy atom. The zero-order valence-corrected chi connectivity index (χ0v) is 28.6. The van der Waals surface area contributed by atoms with Crippen LogP contribution in [0.3, 0.4) is 0 Å². The molecule has 0 N–H and O–H groups in total. The maximum absolute atomic E-state index is 6.56. The van der Waals surface area contributed by atoms with Crippen molar-refractivity contribution in [2.75, 3.05) is 4.90 Å². The molecule has 0 saturated carbocycles. The normalized spacial score (nSPS) is 11.8. The predicted molar refractivity (Wildman–Crippen MR) is 217 cm³/mol. The molecule has 11 rings (SSSR count). The number of nitrogens with zero attached hydrogens (tertiary/aromatic N) is 2. The van der Waals surface area contributed by atoms with Crippen LogP contribution >= 0.6 is 11.3 Å². The van der Waals surface area contributed by atoms with Gasteiger partial charge in [-0.25, -0.2) is 4.98 Å². The fraction of sp³-hybridized carbons (Fsp3) is 0. The molecule has 0 atom stereocenters. The summed E-state index contributed by atoms with van der Waals surface area (Å²) in [6, 6.07) is 59.9. The number of hydrogen-bond donors (Lipinski definition) is 0. The second-order valence-corrected chi connectivity index (χ2v) is 14.3. The van der Waals surface area contributed by atoms with Gasteiger partial charge in [0.1, 0.15) is 16.7 Å². The van der Waals surface area contributed by atoms with E-state index in [1.54, 1.807) is 0 Å². The first-order chi connectivity index (χ1) is 25.7. The van der Waals surface area contributed by atoms with Crippen molar-refractivity contribution in [3.63, 3.8) is 0 Å². The van der Waals surface area contributed by atoms with Crippen LogP contribution in [0.25, 0.3) is 86.6 Å². The van der Waals surface area contributed by atoms with Gasteiger partial charge in [0.25, 0.3) is 0 Å². The highest BCUT2D eigenvalue weighted by atomic mass is 32.1. The highest BCUT2D eigenvalue weighted by Crippen LogP contribution is 2.43. The molecule has 0 saturated heterocycles. The molecular formula is C47H28N2O2S. The summed E-state index contributed by atoms with van der Waals surface area (Å²) >= 11 is 1.83. The fourth-order valence-corrected chi connectivity index (χ4v) is 8.74. The Kier molecular flexibility index (Phi) is 6.39. The third kappa shape index (κ3) is 4.64. The Morgan fingerprint density at radius 3 is 2.00 bits per heavy atom. The second-order valence-electron chi connectivity index (χ2n) is 13.2. The molecule has 3 heterocycles. The van der Waals surface area contributed by atoms with Crippen LogP contribution in [0, 0.1) is 0 Å². The number of thiophene rings is 1. The van der Waals surface area contributed by atoms with E-state index >= 15 is 0 Å². The van der Waals surface area contributed by atoms with Gasteiger partial charge >= 0.3 is 0 Å². The van der Waals surface area contributed by atoms with Crippen molar-refractivity contribution in [3.8, 4) is 22.6 Å². The number of furan rings is 1. The lowest BCUT2D eigenvalue weighted by Gasteiger charge is -2.26. The van der Waals surface area contributed by atoms with Crippen molar-refractivity contribution >= 4 is 92.4 Å². The minimum atomic E-state index is 0.604. The Hall–Kier alpha value is -6.69. The number of rotatable bonds is 5. The molecule has 0 fully saturated rings. The van der Waals surface area contributed by atoms with Gasteiger partial charge in [-0.05, 0) is 82.6 Å². The number of oxazole rings is 1. The summed E-state index contributed by atoms with van der Waals surface area (Å²) in [6.45, 7) is 0. The maximum Gasteiger partial charge on any atom is 0.227 e. The molecule has 244 valence electrons. The van der Waals surface area contributed by atoms with E-state index in [0.29, 0.717) is 5.89 Å². The van der Waals surface area contributed by atoms with Gasteiger partial charge in [0.05, 0.1) is 0 Å². The molecule has 0 radical (unpaired) electrons. The zero-order valence-electron chi connectivity index (χ0n) is 27.8. The van der Waals surface area contributed by atoms with Crippen molar-refractivity contribution in [1.82, 2.24) is 4.98 Å². The molecule has 0 spiro atoms. The van der Waals surface area contributed by atoms with Crippen LogP contribution in [0.4, 0.5) is 17.1 Å². The summed E-state index contributed by atoms with van der Waals surface area (Å²) in [7, 11) is 0. The summed E-state index contributed by atoms with van der Waals surface area (Å²) in [6.07, 6.45) is 0. The summed E-state index contributed by atoms with van der Waals surface area (Å²) in [4.78, 5) is 7.10. The lowest BCUT2D eigenvalue weighted by molar-refractivity contribution is 0.620. The average molecular weight is 685 g/mol. The van der Waals surface area contributed by atoms with Crippen LogP contribution in [0.15, 0.2) is 179 Å². The maximum atomic E-state index is 6.56. The fourth-order valence-electron chi connectivity index (χ4n) is 7.60. The van der Waals surface area contributed by atoms with Crippen LogP contribution in [0.5, 0.6) is 0 Å². The molecule has 52 heavy (non-hydrogen) atoms. The SMILES string of the molecule is c1ccc(-c2nc3cc4oc5cc(N(c6ccc(-c7cccc8ccccc78)cc6)c6ccc7c(c6)sc6ccccc67)ccc5c4cc3o2)cc1. The van der Waals surface area contributed by atoms with Gasteiger partial charge in [0.2, 0.25) is 5.89 Å². The third-order valence-corrected chi connectivity index (χ3v) is 11.2. The molecular weight excluding hydrogens is 657 g/mol. The molecule has 8 aromatic carbocycles. The largest absolute Gasteiger partial charge is 0.456 e. The van der Waals surface area contributed by atoms with Crippen molar-refractivity contribution in [3.05, 3.63) is 170 Å². The molecule has 0 amide bonds. The van der Waals surface area contributed by atoms with Crippen LogP contribution in [0.1, 0.15) is 0 Å². The van der Waals surface area contributed by atoms with Crippen LogP contribution in [-0.2, 0) is 0 Å². The summed E-state index contributed by atoms with van der Waals surface area (Å²) < 4.78 is 15.3. The van der Waals surface area contributed by atoms with Crippen molar-refractivity contribution < 1.29 is 8.83 Å². The highest BCUT2D eigenvalue weighted by molar-refractivity contribution is 7.25. The van der Waals surface area contributed by atoms with E-state index < -0.39 is 0 Å². The second kappa shape index (κ2) is 11.4. The topological polar surface area (TPSA) is 42.4 Å². The highest BCUT2D eigenvalue weighted by Gasteiger charge is 2.19. The van der Waals surface area contributed by atoms with E-state index in [2.05, 4.69) is 138 Å². The van der Waals surface area contributed by atoms with E-state index in [-0.39, 0.29) is 0 Å². The first-order valence-electron chi connectivity index (χ1n) is 17.4. The van der Waals surface area contributed by atoms with Gasteiger partial charge in [-0.3, -0.25) is 0 Å². The van der Waals surface area contributed by atoms with Gasteiger partial charge in [-0.15, -0.1) is 11.3 Å². The van der Waals surface area contributed by atoms with Gasteiger partial charge in [-0.2, -0.15) is 0 Å². The molecule has 0 aliphatic carbocycles. The van der Waals surface area contributed by atoms with Crippen molar-refractivity contribution in [2.45, 2.75) is 0 Å². The van der Waals surface area contributed by atoms with Gasteiger partial charge in [0.15, 0.2) is 5.58 Å². The molecule has 0 aliphatic heterocycles. The minimum Gasteiger partial charge on any atom is -0.456 e. The molecule has 0 bridgehead atoms. The number of aromatic nitrogens is 1. The number of hydrogen-bond acceptors (Lipinski definition) is 5. The zero-order chi connectivity index (χ0) is 34.2. The predicted octanol–water partition coefficient (Wildman–Crippen LogP) is 14.1. The Labute approximate surface area is 302 Å². The monoisotopic (exact) mass is 684 g/mol. The van der Waals surface area contributed by atoms with E-state index in [9.17, 15) is 0 Å². The van der Waals surface area contributed by atoms with Gasteiger partial charge in [0, 0.05) is 65.7 Å². The summed E-state index contributed by atoms with van der Waals surface area (Å²) in [5.41, 5.74) is 9.62. The van der Waals surface area contributed by atoms with Crippen LogP contribution in [-0.4, -0.2) is 4.98 Å². The van der Waals surface area contributed by atoms with E-state index in [4.69, 9.17) is 13.8 Å². The third-order valence-electron chi connectivity index (χ3n) is 10.1. The number of anilines is 3. The molecule has 0 aliphatic rings. The Morgan fingerprint density at radius 1 is 0.423 bits per heavy atom. The van der Waals surface area contributed by atoms with Gasteiger partial charge in [-0.1, -0.05) is 97.1 Å². The average Bonchev–Trinajstić information content (AvgIpc) is 3.90. The van der Waals surface area contributed by atoms with E-state index in [0.717, 1.165) is 55.7 Å². The number of benzene rings is 8. The first kappa shape index (κ1) is 29.1. The molecule has 5 heteroatoms. The lowest BCUT2D eigenvalue weighted by Crippen LogP contribution is -2.09. The van der Waals surface area contributed by atoms with Crippen LogP contribution in [0.2, 0.25) is 0 Å². The first-order valence-corrected chi connectivity index (χ1v) is 18.2. The standard InChI is InChI=1S/C47H28N2O2S/c1-2-10-31(11-3-1)47-48-41-28-43-40(27-44(41)51-47)37-23-21-33(25-42(37)50-43)49(34-22-24-39-38-14-6-7-16-45(38)52-46(39)26-34)32-19-17-30(18-20-32)36-15-8-12-29-9-4-5-13-35(29)36/h1-28H. The molecule has 4 nitrogen and oxygen atoms in total. The van der Waals surface area contributed by atoms with Crippen LogP contribution < -0.4 is 4.90 Å². The Bertz CT molecular complexity index is 3130. The lowest BCUT2D eigenvalue weighted by atomic mass is 9.98. The van der Waals surface area contributed by atoms with E-state index in [1.807, 2.05) is 47.7 Å². The van der Waals surface area contributed by atoms with Crippen molar-refractivity contribution in [2.24, 2.45) is 0 Å². The summed E-state index contributed by atoms with van der Waals surface area (Å²) in [5, 5.41) is 7.09. The minimum absolute atomic E-state index is 0.604. The van der Waals surface area contributed by atoms with E-state index in [1.165, 1.54) is 42.1 Å². The smallest absolute Gasteiger partial charge is 0.227 e. The van der Waals surface area contributed by atoms with Crippen molar-refractivity contribution in [1.29, 1.82) is 0 Å². The molecule has 3 aromatic heterocycles. The summed E-state index contributed by atoms with van der Waals surface area (Å²) in [5.74, 6) is 0.604. The molecule has 0 unspecified atom stereocenters. The Balaban J connectivity index is 1.05.